The van der Waals surface area contributed by atoms with Crippen molar-refractivity contribution >= 4 is 34.4 Å². The molecule has 8 aromatic carbocycles. The number of anilines is 3. The molecule has 0 N–H and O–H groups in total. The first-order chi connectivity index (χ1) is 31.2. The summed E-state index contributed by atoms with van der Waals surface area (Å²) in [6.07, 6.45) is 8.93. The molecule has 0 saturated carbocycles. The van der Waals surface area contributed by atoms with Gasteiger partial charge in [0.1, 0.15) is 0 Å². The van der Waals surface area contributed by atoms with Gasteiger partial charge in [-0.05, 0) is 99.8 Å². The Kier molecular flexibility index (Phi) is 9.08. The molecule has 1 aliphatic carbocycles. The van der Waals surface area contributed by atoms with E-state index in [9.17, 15) is 0 Å². The summed E-state index contributed by atoms with van der Waals surface area (Å²) < 4.78 is 0. The molecule has 0 saturated heterocycles. The van der Waals surface area contributed by atoms with Crippen LogP contribution in [-0.2, 0) is 5.41 Å². The van der Waals surface area contributed by atoms with E-state index in [-0.39, 0.29) is 0 Å². The number of hydrogen-bond acceptors (Lipinski definition) is 5. The van der Waals surface area contributed by atoms with Crippen LogP contribution < -0.4 is 4.90 Å². The molecule has 3 aliphatic rings. The van der Waals surface area contributed by atoms with Crippen molar-refractivity contribution in [2.45, 2.75) is 28.0 Å². The predicted molar refractivity (Wildman–Crippen MR) is 259 cm³/mol. The van der Waals surface area contributed by atoms with Gasteiger partial charge in [-0.2, -0.15) is 0 Å². The van der Waals surface area contributed by atoms with Crippen molar-refractivity contribution in [3.05, 3.63) is 246 Å². The van der Waals surface area contributed by atoms with E-state index in [1.54, 1.807) is 0 Å². The summed E-state index contributed by atoms with van der Waals surface area (Å²) in [6.45, 7) is 0. The Balaban J connectivity index is 1.06. The molecule has 298 valence electrons. The molecule has 5 heteroatoms. The number of benzene rings is 8. The van der Waals surface area contributed by atoms with Crippen molar-refractivity contribution in [2.75, 3.05) is 4.90 Å². The first-order valence-electron chi connectivity index (χ1n) is 21.6. The van der Waals surface area contributed by atoms with Gasteiger partial charge in [0.2, 0.25) is 0 Å². The van der Waals surface area contributed by atoms with E-state index in [4.69, 9.17) is 15.0 Å². The number of allylic oxidation sites excluding steroid dienone is 4. The van der Waals surface area contributed by atoms with E-state index in [0.717, 1.165) is 52.2 Å². The maximum absolute atomic E-state index is 5.31. The minimum Gasteiger partial charge on any atom is -0.310 e. The molecular formula is C58H40N4S. The first-order valence-corrected chi connectivity index (χ1v) is 22.4. The van der Waals surface area contributed by atoms with Crippen LogP contribution in [0, 0.1) is 0 Å². The van der Waals surface area contributed by atoms with Crippen LogP contribution >= 0.6 is 11.8 Å². The molecule has 0 radical (unpaired) electrons. The minimum atomic E-state index is -0.629. The highest BCUT2D eigenvalue weighted by atomic mass is 32.2. The lowest BCUT2D eigenvalue weighted by Gasteiger charge is -2.49. The molecule has 0 fully saturated rings. The van der Waals surface area contributed by atoms with Gasteiger partial charge in [-0.25, -0.2) is 15.0 Å². The van der Waals surface area contributed by atoms with Crippen molar-refractivity contribution in [1.82, 2.24) is 15.0 Å². The van der Waals surface area contributed by atoms with Crippen LogP contribution in [0.4, 0.5) is 17.1 Å². The molecule has 0 bridgehead atoms. The van der Waals surface area contributed by atoms with E-state index in [2.05, 4.69) is 217 Å². The van der Waals surface area contributed by atoms with Crippen molar-refractivity contribution in [1.29, 1.82) is 0 Å². The van der Waals surface area contributed by atoms with Crippen LogP contribution in [0.3, 0.4) is 0 Å². The summed E-state index contributed by atoms with van der Waals surface area (Å²) in [6, 6.07) is 72.1. The molecular weight excluding hydrogens is 785 g/mol. The third kappa shape index (κ3) is 6.27. The molecule has 3 heterocycles. The normalized spacial score (nSPS) is 14.3. The Labute approximate surface area is 372 Å². The highest BCUT2D eigenvalue weighted by Crippen LogP contribution is 2.63. The Morgan fingerprint density at radius 3 is 1.52 bits per heavy atom. The van der Waals surface area contributed by atoms with Crippen LogP contribution in [0.2, 0.25) is 0 Å². The predicted octanol–water partition coefficient (Wildman–Crippen LogP) is 14.9. The van der Waals surface area contributed by atoms with Crippen molar-refractivity contribution < 1.29 is 0 Å². The number of rotatable bonds is 6. The number of hydrogen-bond donors (Lipinski definition) is 0. The molecule has 9 aromatic rings. The zero-order valence-electron chi connectivity index (χ0n) is 34.4. The van der Waals surface area contributed by atoms with Crippen molar-refractivity contribution in [3.8, 4) is 45.3 Å². The summed E-state index contributed by atoms with van der Waals surface area (Å²) >= 11 is 1.84. The van der Waals surface area contributed by atoms with E-state index in [0.29, 0.717) is 17.5 Å². The highest BCUT2D eigenvalue weighted by molar-refractivity contribution is 7.99. The van der Waals surface area contributed by atoms with E-state index in [1.165, 1.54) is 48.7 Å². The third-order valence-corrected chi connectivity index (χ3v) is 13.8. The van der Waals surface area contributed by atoms with Crippen LogP contribution in [0.15, 0.2) is 228 Å². The Hall–Kier alpha value is -7.60. The van der Waals surface area contributed by atoms with Gasteiger partial charge in [0.15, 0.2) is 17.5 Å². The maximum atomic E-state index is 5.31. The second-order valence-electron chi connectivity index (χ2n) is 16.2. The van der Waals surface area contributed by atoms with Crippen molar-refractivity contribution in [2.24, 2.45) is 0 Å². The van der Waals surface area contributed by atoms with Crippen molar-refractivity contribution in [3.63, 3.8) is 0 Å². The van der Waals surface area contributed by atoms with Gasteiger partial charge in [-0.15, -0.1) is 0 Å². The molecule has 1 spiro atoms. The maximum Gasteiger partial charge on any atom is 0.164 e. The SMILES string of the molecule is C1=CC(c2ccc(-c3nc(-c4ccc(-c5ccccc5)cc4)nc(-c4ccc5c(c4)C4(c6ccccc6S5)c5ccccc5N(c5ccccc5)c5ccccc54)n3)cc2)=CCC1. The number of para-hydroxylation sites is 3. The number of fused-ring (bicyclic) bond motifs is 8. The zero-order chi connectivity index (χ0) is 41.7. The fraction of sp³-hybridized carbons (Fsp3) is 0.0517. The van der Waals surface area contributed by atoms with Crippen LogP contribution in [0.25, 0.3) is 50.9 Å². The van der Waals surface area contributed by atoms with Gasteiger partial charge in [-0.1, -0.05) is 188 Å². The van der Waals surface area contributed by atoms with E-state index in [1.807, 2.05) is 17.8 Å². The molecule has 4 nitrogen and oxygen atoms in total. The summed E-state index contributed by atoms with van der Waals surface area (Å²) in [5, 5.41) is 0. The van der Waals surface area contributed by atoms with Gasteiger partial charge in [0.05, 0.1) is 16.8 Å². The lowest BCUT2D eigenvalue weighted by Crippen LogP contribution is -2.39. The number of aromatic nitrogens is 3. The molecule has 1 aromatic heterocycles. The smallest absolute Gasteiger partial charge is 0.164 e. The van der Waals surface area contributed by atoms with E-state index >= 15 is 0 Å². The van der Waals surface area contributed by atoms with Crippen LogP contribution in [0.1, 0.15) is 40.7 Å². The average molecular weight is 825 g/mol. The van der Waals surface area contributed by atoms with Gasteiger partial charge in [-0.3, -0.25) is 0 Å². The van der Waals surface area contributed by atoms with Gasteiger partial charge in [0, 0.05) is 32.2 Å². The molecule has 63 heavy (non-hydrogen) atoms. The first kappa shape index (κ1) is 37.2. The van der Waals surface area contributed by atoms with Gasteiger partial charge < -0.3 is 4.90 Å². The lowest BCUT2D eigenvalue weighted by molar-refractivity contribution is 0.692. The highest BCUT2D eigenvalue weighted by Gasteiger charge is 2.50. The molecule has 12 rings (SSSR count). The van der Waals surface area contributed by atoms with E-state index < -0.39 is 5.41 Å². The Morgan fingerprint density at radius 2 is 0.889 bits per heavy atom. The third-order valence-electron chi connectivity index (χ3n) is 12.6. The Bertz CT molecular complexity index is 3200. The molecule has 0 atom stereocenters. The minimum absolute atomic E-state index is 0.629. The quantitative estimate of drug-likeness (QED) is 0.167. The van der Waals surface area contributed by atoms with Gasteiger partial charge >= 0.3 is 0 Å². The second-order valence-corrected chi connectivity index (χ2v) is 17.3. The molecule has 2 aliphatic heterocycles. The topological polar surface area (TPSA) is 41.9 Å². The second kappa shape index (κ2) is 15.4. The lowest BCUT2D eigenvalue weighted by atomic mass is 9.62. The fourth-order valence-corrected chi connectivity index (χ4v) is 10.9. The summed E-state index contributed by atoms with van der Waals surface area (Å²) in [5.74, 6) is 1.91. The van der Waals surface area contributed by atoms with Gasteiger partial charge in [0.25, 0.3) is 0 Å². The summed E-state index contributed by atoms with van der Waals surface area (Å²) in [7, 11) is 0. The number of nitrogens with zero attached hydrogens (tertiary/aromatic N) is 4. The average Bonchev–Trinajstić information content (AvgIpc) is 3.37. The fourth-order valence-electron chi connectivity index (χ4n) is 9.71. The zero-order valence-corrected chi connectivity index (χ0v) is 35.2. The monoisotopic (exact) mass is 824 g/mol. The summed E-state index contributed by atoms with van der Waals surface area (Å²) in [5.41, 5.74) is 15.3. The molecule has 0 unspecified atom stereocenters. The molecule has 0 amide bonds. The Morgan fingerprint density at radius 1 is 0.397 bits per heavy atom. The largest absolute Gasteiger partial charge is 0.310 e. The standard InChI is InChI=1S/C58H40N4S/c1-4-16-39(17-5-1)41-28-32-43(33-29-41)55-59-56(44-34-30-42(31-35-44)40-18-6-2-7-19-40)61-57(60-55)45-36-37-54-50(38-45)58(49-24-12-15-27-53(49)63-54)47-22-10-13-25-51(47)62(46-20-8-3-9-21-46)52-26-14-11-23-48(52)58/h1,3-6,8-38H,2,7H2. The van der Waals surface area contributed by atoms with Crippen LogP contribution in [0.5, 0.6) is 0 Å². The summed E-state index contributed by atoms with van der Waals surface area (Å²) in [4.78, 5) is 20.7. The van der Waals surface area contributed by atoms with Crippen LogP contribution in [-0.4, -0.2) is 15.0 Å².